The minimum Gasteiger partial charge on any atom is -0.379 e. The van der Waals surface area contributed by atoms with Gasteiger partial charge in [0.15, 0.2) is 0 Å². The van der Waals surface area contributed by atoms with Crippen molar-refractivity contribution in [3.8, 4) is 0 Å². The lowest BCUT2D eigenvalue weighted by atomic mass is 10.2. The van der Waals surface area contributed by atoms with Crippen LogP contribution in [-0.2, 0) is 9.53 Å². The van der Waals surface area contributed by atoms with Gasteiger partial charge in [-0.2, -0.15) is 0 Å². The lowest BCUT2D eigenvalue weighted by Crippen LogP contribution is -2.47. The van der Waals surface area contributed by atoms with Crippen LogP contribution in [0.2, 0.25) is 0 Å². The summed E-state index contributed by atoms with van der Waals surface area (Å²) in [4.78, 5) is 13.7. The van der Waals surface area contributed by atoms with Crippen molar-refractivity contribution >= 4 is 30.7 Å². The summed E-state index contributed by atoms with van der Waals surface area (Å²) in [5, 5.41) is 2.88. The second kappa shape index (κ2) is 10.8. The van der Waals surface area contributed by atoms with Crippen LogP contribution in [0.4, 0.5) is 0 Å². The Labute approximate surface area is 122 Å². The van der Waals surface area contributed by atoms with E-state index in [0.29, 0.717) is 19.0 Å². The van der Waals surface area contributed by atoms with Crippen LogP contribution >= 0.6 is 24.8 Å². The van der Waals surface area contributed by atoms with Crippen LogP contribution in [0.15, 0.2) is 0 Å². The first-order chi connectivity index (χ1) is 7.59. The van der Waals surface area contributed by atoms with Crippen LogP contribution in [0.3, 0.4) is 0 Å². The number of hydrogen-bond donors (Lipinski definition) is 2. The van der Waals surface area contributed by atoms with Crippen molar-refractivity contribution in [1.82, 2.24) is 10.2 Å². The SMILES string of the molecule is CC(N)CC(=O)NCCN1CCOCC1C.Cl.Cl. The van der Waals surface area contributed by atoms with Crippen molar-refractivity contribution < 1.29 is 9.53 Å². The molecule has 7 heteroatoms. The molecule has 110 valence electrons. The summed E-state index contributed by atoms with van der Waals surface area (Å²) in [5.74, 6) is 0.0379. The Morgan fingerprint density at radius 1 is 1.56 bits per heavy atom. The van der Waals surface area contributed by atoms with E-state index >= 15 is 0 Å². The van der Waals surface area contributed by atoms with Crippen LogP contribution in [0.1, 0.15) is 20.3 Å². The fourth-order valence-corrected chi connectivity index (χ4v) is 1.80. The molecule has 2 atom stereocenters. The third kappa shape index (κ3) is 8.11. The first kappa shape index (κ1) is 20.3. The third-order valence-electron chi connectivity index (χ3n) is 2.73. The summed E-state index contributed by atoms with van der Waals surface area (Å²) >= 11 is 0. The van der Waals surface area contributed by atoms with Gasteiger partial charge in [-0.15, -0.1) is 24.8 Å². The van der Waals surface area contributed by atoms with Crippen LogP contribution in [-0.4, -0.2) is 55.7 Å². The standard InChI is InChI=1S/C11H23N3O2.2ClH/c1-9(12)7-11(15)13-3-4-14-5-6-16-8-10(14)2;;/h9-10H,3-8,12H2,1-2H3,(H,13,15);2*1H. The highest BCUT2D eigenvalue weighted by Crippen LogP contribution is 2.04. The van der Waals surface area contributed by atoms with Crippen LogP contribution in [0, 0.1) is 0 Å². The molecule has 0 aromatic carbocycles. The lowest BCUT2D eigenvalue weighted by Gasteiger charge is -2.33. The molecular formula is C11H25Cl2N3O2. The molecule has 18 heavy (non-hydrogen) atoms. The van der Waals surface area contributed by atoms with Crippen molar-refractivity contribution in [3.63, 3.8) is 0 Å². The average Bonchev–Trinajstić information content (AvgIpc) is 2.19. The number of nitrogens with zero attached hydrogens (tertiary/aromatic N) is 1. The summed E-state index contributed by atoms with van der Waals surface area (Å²) in [5.41, 5.74) is 5.54. The van der Waals surface area contributed by atoms with E-state index in [1.54, 1.807) is 0 Å². The van der Waals surface area contributed by atoms with Crippen molar-refractivity contribution in [2.45, 2.75) is 32.4 Å². The smallest absolute Gasteiger partial charge is 0.221 e. The zero-order valence-electron chi connectivity index (χ0n) is 11.1. The fraction of sp³-hybridized carbons (Fsp3) is 0.909. The van der Waals surface area contributed by atoms with Gasteiger partial charge in [0.05, 0.1) is 13.2 Å². The molecular weight excluding hydrogens is 277 g/mol. The van der Waals surface area contributed by atoms with E-state index in [1.165, 1.54) is 0 Å². The van der Waals surface area contributed by atoms with Gasteiger partial charge in [-0.05, 0) is 13.8 Å². The molecule has 1 aliphatic rings. The molecule has 3 N–H and O–H groups in total. The highest BCUT2D eigenvalue weighted by Gasteiger charge is 2.18. The van der Waals surface area contributed by atoms with Gasteiger partial charge in [0.25, 0.3) is 0 Å². The monoisotopic (exact) mass is 301 g/mol. The zero-order valence-corrected chi connectivity index (χ0v) is 12.7. The van der Waals surface area contributed by atoms with Crippen molar-refractivity contribution in [2.75, 3.05) is 32.8 Å². The quantitative estimate of drug-likeness (QED) is 0.772. The van der Waals surface area contributed by atoms with Gasteiger partial charge in [0, 0.05) is 38.1 Å². The molecule has 1 heterocycles. The molecule has 0 aromatic heterocycles. The minimum atomic E-state index is -0.0673. The second-order valence-electron chi connectivity index (χ2n) is 4.49. The van der Waals surface area contributed by atoms with Gasteiger partial charge >= 0.3 is 0 Å². The van der Waals surface area contributed by atoms with E-state index in [1.807, 2.05) is 6.92 Å². The molecule has 5 nitrogen and oxygen atoms in total. The molecule has 2 unspecified atom stereocenters. The maximum Gasteiger partial charge on any atom is 0.221 e. The molecule has 0 aromatic rings. The van der Waals surface area contributed by atoms with Gasteiger partial charge in [0.1, 0.15) is 0 Å². The minimum absolute atomic E-state index is 0. The van der Waals surface area contributed by atoms with E-state index in [4.69, 9.17) is 10.5 Å². The Bertz CT molecular complexity index is 230. The maximum absolute atomic E-state index is 11.3. The van der Waals surface area contributed by atoms with Crippen LogP contribution < -0.4 is 11.1 Å². The van der Waals surface area contributed by atoms with Crippen molar-refractivity contribution in [1.29, 1.82) is 0 Å². The number of hydrogen-bond acceptors (Lipinski definition) is 4. The lowest BCUT2D eigenvalue weighted by molar-refractivity contribution is -0.121. The number of nitrogens with one attached hydrogen (secondary N) is 1. The van der Waals surface area contributed by atoms with Gasteiger partial charge < -0.3 is 15.8 Å². The summed E-state index contributed by atoms with van der Waals surface area (Å²) in [7, 11) is 0. The van der Waals surface area contributed by atoms with E-state index in [0.717, 1.165) is 26.3 Å². The van der Waals surface area contributed by atoms with Gasteiger partial charge in [-0.25, -0.2) is 0 Å². The number of ether oxygens (including phenoxy) is 1. The molecule has 0 saturated carbocycles. The highest BCUT2D eigenvalue weighted by molar-refractivity contribution is 5.85. The molecule has 1 fully saturated rings. The number of carbonyl (C=O) groups excluding carboxylic acids is 1. The molecule has 1 rings (SSSR count). The Morgan fingerprint density at radius 2 is 2.22 bits per heavy atom. The number of amides is 1. The van der Waals surface area contributed by atoms with Crippen molar-refractivity contribution in [3.05, 3.63) is 0 Å². The van der Waals surface area contributed by atoms with Gasteiger partial charge in [-0.1, -0.05) is 0 Å². The molecule has 0 radical (unpaired) electrons. The van der Waals surface area contributed by atoms with E-state index in [9.17, 15) is 4.79 Å². The number of carbonyl (C=O) groups is 1. The number of morpholine rings is 1. The molecule has 0 aliphatic carbocycles. The van der Waals surface area contributed by atoms with E-state index < -0.39 is 0 Å². The number of rotatable bonds is 5. The highest BCUT2D eigenvalue weighted by atomic mass is 35.5. The summed E-state index contributed by atoms with van der Waals surface area (Å²) in [6.45, 7) is 8.08. The molecule has 1 saturated heterocycles. The first-order valence-corrected chi connectivity index (χ1v) is 5.93. The molecule has 1 amide bonds. The Balaban J connectivity index is 0. The molecule has 0 bridgehead atoms. The normalized spacial score (nSPS) is 21.4. The Morgan fingerprint density at radius 3 is 2.78 bits per heavy atom. The predicted octanol–water partition coefficient (Wildman–Crippen LogP) is 0.404. The summed E-state index contributed by atoms with van der Waals surface area (Å²) in [6.07, 6.45) is 0.401. The summed E-state index contributed by atoms with van der Waals surface area (Å²) < 4.78 is 5.35. The average molecular weight is 302 g/mol. The topological polar surface area (TPSA) is 67.6 Å². The van der Waals surface area contributed by atoms with Gasteiger partial charge in [-0.3, -0.25) is 9.69 Å². The fourth-order valence-electron chi connectivity index (χ4n) is 1.80. The van der Waals surface area contributed by atoms with Crippen LogP contribution in [0.25, 0.3) is 0 Å². The van der Waals surface area contributed by atoms with Crippen molar-refractivity contribution in [2.24, 2.45) is 5.73 Å². The van der Waals surface area contributed by atoms with Gasteiger partial charge in [0.2, 0.25) is 5.91 Å². The Hall–Kier alpha value is -0.0700. The Kier molecular flexibility index (Phi) is 12.2. The van der Waals surface area contributed by atoms with E-state index in [2.05, 4.69) is 17.1 Å². The molecule has 0 spiro atoms. The third-order valence-corrected chi connectivity index (χ3v) is 2.73. The van der Waals surface area contributed by atoms with E-state index in [-0.39, 0.29) is 36.8 Å². The number of nitrogens with two attached hydrogens (primary N) is 1. The zero-order chi connectivity index (χ0) is 12.0. The molecule has 1 aliphatic heterocycles. The predicted molar refractivity (Wildman–Crippen MR) is 77.6 cm³/mol. The summed E-state index contributed by atoms with van der Waals surface area (Å²) in [6, 6.07) is 0.376. The second-order valence-corrected chi connectivity index (χ2v) is 4.49. The van der Waals surface area contributed by atoms with Crippen LogP contribution in [0.5, 0.6) is 0 Å². The first-order valence-electron chi connectivity index (χ1n) is 5.93. The maximum atomic E-state index is 11.3. The largest absolute Gasteiger partial charge is 0.379 e. The number of halogens is 2.